The molecular weight excluding hydrogens is 486 g/mol. The molecule has 0 saturated carbocycles. The molecule has 196 valence electrons. The van der Waals surface area contributed by atoms with Crippen LogP contribution in [0.25, 0.3) is 0 Å². The Balaban J connectivity index is 2.08. The first-order valence-electron chi connectivity index (χ1n) is 12.4. The first kappa shape index (κ1) is 27.9. The fourth-order valence-electron chi connectivity index (χ4n) is 4.26. The number of amides is 2. The summed E-state index contributed by atoms with van der Waals surface area (Å²) in [4.78, 5) is 28.3. The van der Waals surface area contributed by atoms with Gasteiger partial charge >= 0.3 is 0 Å². The number of likely N-dealkylation sites (N-methyl/N-ethyl adjacent to an activating group) is 1. The molecule has 0 fully saturated rings. The summed E-state index contributed by atoms with van der Waals surface area (Å²) in [5.41, 5.74) is 3.19. The third-order valence-electron chi connectivity index (χ3n) is 6.36. The number of carbonyl (C=O) groups is 2. The third-order valence-corrected chi connectivity index (χ3v) is 8.13. The van der Waals surface area contributed by atoms with Crippen LogP contribution < -0.4 is 9.62 Å². The Morgan fingerprint density at radius 1 is 0.892 bits per heavy atom. The molecule has 0 bridgehead atoms. The largest absolute Gasteiger partial charge is 0.357 e. The van der Waals surface area contributed by atoms with Crippen LogP contribution in [0, 0.1) is 6.92 Å². The smallest absolute Gasteiger partial charge is 0.264 e. The van der Waals surface area contributed by atoms with E-state index in [1.807, 2.05) is 57.2 Å². The molecule has 3 aromatic carbocycles. The van der Waals surface area contributed by atoms with Crippen LogP contribution >= 0.6 is 0 Å². The van der Waals surface area contributed by atoms with Gasteiger partial charge in [-0.05, 0) is 49.1 Å². The molecule has 37 heavy (non-hydrogen) atoms. The van der Waals surface area contributed by atoms with Crippen molar-refractivity contribution in [1.82, 2.24) is 10.2 Å². The molecule has 2 amide bonds. The van der Waals surface area contributed by atoms with Gasteiger partial charge in [0.2, 0.25) is 11.8 Å². The first-order chi connectivity index (χ1) is 17.7. The van der Waals surface area contributed by atoms with Crippen molar-refractivity contribution >= 4 is 27.5 Å². The summed E-state index contributed by atoms with van der Waals surface area (Å²) < 4.78 is 28.9. The lowest BCUT2D eigenvalue weighted by atomic mass is 10.1. The third kappa shape index (κ3) is 6.57. The van der Waals surface area contributed by atoms with Crippen LogP contribution in [0.15, 0.2) is 83.8 Å². The van der Waals surface area contributed by atoms with E-state index in [-0.39, 0.29) is 17.3 Å². The van der Waals surface area contributed by atoms with E-state index >= 15 is 0 Å². The van der Waals surface area contributed by atoms with E-state index in [2.05, 4.69) is 5.32 Å². The maximum Gasteiger partial charge on any atom is 0.264 e. The number of para-hydroxylation sites is 1. The SMILES string of the molecule is CCc1ccccc1N(CC(=O)N(Cc1ccc(C)cc1)[C@H](CC)C(=O)NC)S(=O)(=O)c1ccccc1. The number of sulfonamides is 1. The van der Waals surface area contributed by atoms with E-state index in [1.165, 1.54) is 28.4 Å². The van der Waals surface area contributed by atoms with Gasteiger partial charge in [-0.25, -0.2) is 8.42 Å². The molecule has 1 atom stereocenters. The lowest BCUT2D eigenvalue weighted by Crippen LogP contribution is -2.51. The van der Waals surface area contributed by atoms with Crippen LogP contribution in [0.1, 0.15) is 37.0 Å². The minimum atomic E-state index is -4.07. The number of hydrogen-bond acceptors (Lipinski definition) is 4. The number of aryl methyl sites for hydroxylation is 2. The van der Waals surface area contributed by atoms with Gasteiger partial charge in [-0.15, -0.1) is 0 Å². The summed E-state index contributed by atoms with van der Waals surface area (Å²) in [5, 5.41) is 2.64. The Hall–Kier alpha value is -3.65. The zero-order chi connectivity index (χ0) is 27.0. The Labute approximate surface area is 220 Å². The van der Waals surface area contributed by atoms with E-state index in [4.69, 9.17) is 0 Å². The number of hydrogen-bond donors (Lipinski definition) is 1. The number of benzene rings is 3. The van der Waals surface area contributed by atoms with Crippen LogP contribution in [0.3, 0.4) is 0 Å². The van der Waals surface area contributed by atoms with Crippen LogP contribution in [-0.2, 0) is 32.6 Å². The summed E-state index contributed by atoms with van der Waals surface area (Å²) in [5.74, 6) is -0.754. The lowest BCUT2D eigenvalue weighted by molar-refractivity contribution is -0.140. The van der Waals surface area contributed by atoms with Crippen molar-refractivity contribution in [3.8, 4) is 0 Å². The summed E-state index contributed by atoms with van der Waals surface area (Å²) in [6.45, 7) is 5.49. The van der Waals surface area contributed by atoms with E-state index in [1.54, 1.807) is 30.3 Å². The normalized spacial score (nSPS) is 12.0. The van der Waals surface area contributed by atoms with Gasteiger partial charge in [-0.1, -0.05) is 80.1 Å². The number of nitrogens with one attached hydrogen (secondary N) is 1. The van der Waals surface area contributed by atoms with Gasteiger partial charge in [0.05, 0.1) is 10.6 Å². The highest BCUT2D eigenvalue weighted by atomic mass is 32.2. The first-order valence-corrected chi connectivity index (χ1v) is 13.9. The minimum absolute atomic E-state index is 0.0946. The van der Waals surface area contributed by atoms with Crippen molar-refractivity contribution in [3.05, 3.63) is 95.6 Å². The maximum atomic E-state index is 13.9. The fraction of sp³-hybridized carbons (Fsp3) is 0.310. The number of rotatable bonds is 11. The molecule has 7 nitrogen and oxygen atoms in total. The Morgan fingerprint density at radius 2 is 1.51 bits per heavy atom. The molecule has 3 rings (SSSR count). The van der Waals surface area contributed by atoms with Crippen LogP contribution in [0.2, 0.25) is 0 Å². The van der Waals surface area contributed by atoms with Crippen molar-refractivity contribution in [2.75, 3.05) is 17.9 Å². The standard InChI is InChI=1S/C29H35N3O4S/c1-5-24-12-10-11-15-27(24)32(37(35,36)25-13-8-7-9-14-25)21-28(33)31(26(6-2)29(34)30-4)20-23-18-16-22(3)17-19-23/h7-19,26H,5-6,20-21H2,1-4H3,(H,30,34)/t26-/m1/s1. The van der Waals surface area contributed by atoms with Gasteiger partial charge in [0.25, 0.3) is 10.0 Å². The molecule has 0 heterocycles. The molecule has 0 aliphatic rings. The van der Waals surface area contributed by atoms with Crippen LogP contribution in [-0.4, -0.2) is 44.8 Å². The zero-order valence-corrected chi connectivity index (χ0v) is 22.7. The molecule has 0 unspecified atom stereocenters. The molecule has 0 spiro atoms. The Morgan fingerprint density at radius 3 is 2.11 bits per heavy atom. The van der Waals surface area contributed by atoms with Gasteiger partial charge in [-0.3, -0.25) is 13.9 Å². The second-order valence-electron chi connectivity index (χ2n) is 8.85. The average molecular weight is 522 g/mol. The summed E-state index contributed by atoms with van der Waals surface area (Å²) in [6, 6.07) is 22.2. The van der Waals surface area contributed by atoms with Crippen molar-refractivity contribution in [2.45, 2.75) is 51.1 Å². The van der Waals surface area contributed by atoms with Crippen LogP contribution in [0.4, 0.5) is 5.69 Å². The van der Waals surface area contributed by atoms with Gasteiger partial charge in [0.15, 0.2) is 0 Å². The number of anilines is 1. The highest BCUT2D eigenvalue weighted by molar-refractivity contribution is 7.92. The molecule has 1 N–H and O–H groups in total. The molecular formula is C29H35N3O4S. The van der Waals surface area contributed by atoms with E-state index < -0.39 is 28.5 Å². The molecule has 8 heteroatoms. The topological polar surface area (TPSA) is 86.8 Å². The van der Waals surface area contributed by atoms with Gasteiger partial charge in [0, 0.05) is 13.6 Å². The van der Waals surface area contributed by atoms with E-state index in [0.717, 1.165) is 16.7 Å². The predicted octanol–water partition coefficient (Wildman–Crippen LogP) is 4.31. The predicted molar refractivity (Wildman–Crippen MR) is 147 cm³/mol. The summed E-state index contributed by atoms with van der Waals surface area (Å²) >= 11 is 0. The number of nitrogens with zero attached hydrogens (tertiary/aromatic N) is 2. The monoisotopic (exact) mass is 521 g/mol. The Kier molecular flexibility index (Phi) is 9.47. The zero-order valence-electron chi connectivity index (χ0n) is 21.8. The highest BCUT2D eigenvalue weighted by Crippen LogP contribution is 2.28. The molecule has 0 aliphatic carbocycles. The van der Waals surface area contributed by atoms with E-state index in [9.17, 15) is 18.0 Å². The average Bonchev–Trinajstić information content (AvgIpc) is 2.92. The second kappa shape index (κ2) is 12.5. The van der Waals surface area contributed by atoms with Gasteiger partial charge < -0.3 is 10.2 Å². The maximum absolute atomic E-state index is 13.9. The van der Waals surface area contributed by atoms with E-state index in [0.29, 0.717) is 18.5 Å². The molecule has 0 aliphatic heterocycles. The van der Waals surface area contributed by atoms with Gasteiger partial charge in [-0.2, -0.15) is 0 Å². The minimum Gasteiger partial charge on any atom is -0.357 e. The highest BCUT2D eigenvalue weighted by Gasteiger charge is 2.33. The summed E-state index contributed by atoms with van der Waals surface area (Å²) in [7, 11) is -2.54. The number of carbonyl (C=O) groups excluding carboxylic acids is 2. The summed E-state index contributed by atoms with van der Waals surface area (Å²) in [6.07, 6.45) is 0.975. The van der Waals surface area contributed by atoms with Crippen molar-refractivity contribution in [3.63, 3.8) is 0 Å². The molecule has 0 saturated heterocycles. The molecule has 0 aromatic heterocycles. The van der Waals surface area contributed by atoms with Crippen molar-refractivity contribution in [1.29, 1.82) is 0 Å². The van der Waals surface area contributed by atoms with Crippen molar-refractivity contribution < 1.29 is 18.0 Å². The van der Waals surface area contributed by atoms with Crippen LogP contribution in [0.5, 0.6) is 0 Å². The fourth-order valence-corrected chi connectivity index (χ4v) is 5.74. The quantitative estimate of drug-likeness (QED) is 0.408. The molecule has 0 radical (unpaired) electrons. The lowest BCUT2D eigenvalue weighted by Gasteiger charge is -2.33. The Bertz CT molecular complexity index is 1310. The van der Waals surface area contributed by atoms with Crippen molar-refractivity contribution in [2.24, 2.45) is 0 Å². The van der Waals surface area contributed by atoms with Gasteiger partial charge in [0.1, 0.15) is 12.6 Å². The second-order valence-corrected chi connectivity index (χ2v) is 10.7. The molecule has 3 aromatic rings.